The number of hydrogen-bond donors (Lipinski definition) is 1. The van der Waals surface area contributed by atoms with Crippen LogP contribution in [0.1, 0.15) is 33.2 Å². The third-order valence-electron chi connectivity index (χ3n) is 4.93. The summed E-state index contributed by atoms with van der Waals surface area (Å²) in [5, 5.41) is 4.57. The second kappa shape index (κ2) is 12.8. The topological polar surface area (TPSA) is 105 Å². The van der Waals surface area contributed by atoms with Crippen molar-refractivity contribution in [3.63, 3.8) is 0 Å². The minimum atomic E-state index is -0.665. The van der Waals surface area contributed by atoms with Crippen molar-refractivity contribution < 1.29 is 33.3 Å². The Morgan fingerprint density at radius 2 is 1.59 bits per heavy atom. The van der Waals surface area contributed by atoms with Crippen LogP contribution in [0.3, 0.4) is 0 Å². The zero-order valence-corrected chi connectivity index (χ0v) is 22.0. The molecule has 0 saturated carbocycles. The average molecular weight is 547 g/mol. The first-order valence-electron chi connectivity index (χ1n) is 10.9. The van der Waals surface area contributed by atoms with Gasteiger partial charge in [-0.15, -0.1) is 0 Å². The lowest BCUT2D eigenvalue weighted by molar-refractivity contribution is 0.0728. The maximum Gasteiger partial charge on any atom is 0.345 e. The third kappa shape index (κ3) is 6.84. The Kier molecular flexibility index (Phi) is 9.59. The number of halogens is 2. The number of carbonyl (C=O) groups is 2. The summed E-state index contributed by atoms with van der Waals surface area (Å²) >= 11 is 12.0. The Hall–Kier alpha value is -3.95. The van der Waals surface area contributed by atoms with E-state index in [1.165, 1.54) is 51.8 Å². The van der Waals surface area contributed by atoms with Crippen LogP contribution in [0.4, 0.5) is 0 Å². The number of hydrazone groups is 1. The molecule has 3 aromatic carbocycles. The molecular formula is C26H24Cl2N2O7. The van der Waals surface area contributed by atoms with E-state index in [4.69, 9.17) is 46.9 Å². The van der Waals surface area contributed by atoms with Crippen molar-refractivity contribution in [3.05, 3.63) is 75.3 Å². The van der Waals surface area contributed by atoms with Crippen LogP contribution < -0.4 is 29.1 Å². The zero-order valence-electron chi connectivity index (χ0n) is 20.5. The van der Waals surface area contributed by atoms with E-state index in [1.807, 2.05) is 0 Å². The normalized spacial score (nSPS) is 10.6. The van der Waals surface area contributed by atoms with Crippen molar-refractivity contribution in [1.29, 1.82) is 0 Å². The lowest BCUT2D eigenvalue weighted by Crippen LogP contribution is -2.18. The molecule has 3 aromatic rings. The highest BCUT2D eigenvalue weighted by Gasteiger charge is 2.18. The number of ether oxygens (including phenoxy) is 5. The SMILES string of the molecule is CCOc1cc(/C=N/NC(=O)c2cc(OC)c(OC)c(OC)c2)ccc1OC(=O)c1ccc(Cl)cc1Cl. The number of hydrogen-bond acceptors (Lipinski definition) is 8. The number of rotatable bonds is 10. The molecule has 0 spiro atoms. The van der Waals surface area contributed by atoms with Crippen molar-refractivity contribution in [3.8, 4) is 28.7 Å². The Bertz CT molecular complexity index is 1300. The second-order valence-electron chi connectivity index (χ2n) is 7.27. The summed E-state index contributed by atoms with van der Waals surface area (Å²) in [4.78, 5) is 25.2. The molecule has 0 unspecified atom stereocenters. The highest BCUT2D eigenvalue weighted by atomic mass is 35.5. The molecule has 0 saturated heterocycles. The molecule has 0 radical (unpaired) electrons. The predicted molar refractivity (Wildman–Crippen MR) is 140 cm³/mol. The molecule has 0 bridgehead atoms. The van der Waals surface area contributed by atoms with E-state index in [2.05, 4.69) is 10.5 Å². The van der Waals surface area contributed by atoms with Crippen molar-refractivity contribution in [2.45, 2.75) is 6.92 Å². The summed E-state index contributed by atoms with van der Waals surface area (Å²) in [6.07, 6.45) is 1.42. The van der Waals surface area contributed by atoms with Crippen LogP contribution in [0, 0.1) is 0 Å². The summed E-state index contributed by atoms with van der Waals surface area (Å²) in [5.74, 6) is 0.377. The molecule has 1 amide bonds. The van der Waals surface area contributed by atoms with Gasteiger partial charge in [0.15, 0.2) is 23.0 Å². The molecule has 0 heterocycles. The first kappa shape index (κ1) is 27.6. The van der Waals surface area contributed by atoms with Crippen molar-refractivity contribution in [1.82, 2.24) is 5.43 Å². The van der Waals surface area contributed by atoms with E-state index in [9.17, 15) is 9.59 Å². The molecule has 0 fully saturated rings. The van der Waals surface area contributed by atoms with Gasteiger partial charge in [-0.05, 0) is 61.0 Å². The van der Waals surface area contributed by atoms with E-state index in [-0.39, 0.29) is 21.9 Å². The van der Waals surface area contributed by atoms with Gasteiger partial charge in [0.05, 0.1) is 44.7 Å². The number of amides is 1. The van der Waals surface area contributed by atoms with Gasteiger partial charge in [-0.3, -0.25) is 4.79 Å². The van der Waals surface area contributed by atoms with Crippen LogP contribution >= 0.6 is 23.2 Å². The quantitative estimate of drug-likeness (QED) is 0.157. The van der Waals surface area contributed by atoms with E-state index in [1.54, 1.807) is 31.2 Å². The Morgan fingerprint density at radius 3 is 2.19 bits per heavy atom. The maximum absolute atomic E-state index is 12.6. The van der Waals surface area contributed by atoms with Gasteiger partial charge in [0.2, 0.25) is 5.75 Å². The molecule has 0 aliphatic heterocycles. The Labute approximate surface area is 223 Å². The largest absolute Gasteiger partial charge is 0.493 e. The van der Waals surface area contributed by atoms with Crippen LogP contribution in [-0.2, 0) is 0 Å². The highest BCUT2D eigenvalue weighted by molar-refractivity contribution is 6.36. The minimum Gasteiger partial charge on any atom is -0.493 e. The van der Waals surface area contributed by atoms with Crippen LogP contribution in [0.15, 0.2) is 53.6 Å². The molecule has 0 aliphatic rings. The lowest BCUT2D eigenvalue weighted by atomic mass is 10.1. The van der Waals surface area contributed by atoms with Crippen molar-refractivity contribution in [2.24, 2.45) is 5.10 Å². The van der Waals surface area contributed by atoms with Crippen LogP contribution in [0.5, 0.6) is 28.7 Å². The molecule has 11 heteroatoms. The van der Waals surface area contributed by atoms with Crippen LogP contribution in [-0.4, -0.2) is 46.0 Å². The fourth-order valence-corrected chi connectivity index (χ4v) is 3.70. The average Bonchev–Trinajstić information content (AvgIpc) is 2.89. The molecule has 1 N–H and O–H groups in total. The van der Waals surface area contributed by atoms with Gasteiger partial charge in [0, 0.05) is 10.6 Å². The van der Waals surface area contributed by atoms with Gasteiger partial charge in [-0.2, -0.15) is 5.10 Å². The first-order chi connectivity index (χ1) is 17.8. The number of benzene rings is 3. The summed E-state index contributed by atoms with van der Waals surface area (Å²) in [6.45, 7) is 2.12. The number of methoxy groups -OCH3 is 3. The molecule has 9 nitrogen and oxygen atoms in total. The van der Waals surface area contributed by atoms with Gasteiger partial charge >= 0.3 is 5.97 Å². The van der Waals surface area contributed by atoms with Crippen molar-refractivity contribution in [2.75, 3.05) is 27.9 Å². The molecule has 0 aromatic heterocycles. The molecule has 0 atom stereocenters. The minimum absolute atomic E-state index is 0.161. The Morgan fingerprint density at radius 1 is 0.892 bits per heavy atom. The molecule has 37 heavy (non-hydrogen) atoms. The molecular weight excluding hydrogens is 523 g/mol. The number of nitrogens with zero attached hydrogens (tertiary/aromatic N) is 1. The smallest absolute Gasteiger partial charge is 0.345 e. The van der Waals surface area contributed by atoms with Gasteiger partial charge < -0.3 is 23.7 Å². The predicted octanol–water partition coefficient (Wildman–Crippen LogP) is 5.40. The van der Waals surface area contributed by atoms with Gasteiger partial charge in [0.25, 0.3) is 5.91 Å². The molecule has 194 valence electrons. The first-order valence-corrected chi connectivity index (χ1v) is 11.6. The standard InChI is InChI=1S/C26H24Cl2N2O7/c1-5-36-21-10-15(6-9-20(21)37-26(32)18-8-7-17(27)13-19(18)28)14-29-30-25(31)16-11-22(33-2)24(35-4)23(12-16)34-3/h6-14H,5H2,1-4H3,(H,30,31)/b29-14+. The number of esters is 1. The lowest BCUT2D eigenvalue weighted by Gasteiger charge is -2.13. The summed E-state index contributed by atoms with van der Waals surface area (Å²) in [6, 6.07) is 12.3. The van der Waals surface area contributed by atoms with Gasteiger partial charge in [-0.1, -0.05) is 23.2 Å². The molecule has 3 rings (SSSR count). The van der Waals surface area contributed by atoms with E-state index >= 15 is 0 Å². The molecule has 0 aliphatic carbocycles. The highest BCUT2D eigenvalue weighted by Crippen LogP contribution is 2.38. The van der Waals surface area contributed by atoms with Gasteiger partial charge in [-0.25, -0.2) is 10.2 Å². The fraction of sp³-hybridized carbons (Fsp3) is 0.192. The van der Waals surface area contributed by atoms with E-state index < -0.39 is 11.9 Å². The summed E-state index contributed by atoms with van der Waals surface area (Å²) in [7, 11) is 4.39. The third-order valence-corrected chi connectivity index (χ3v) is 5.48. The number of nitrogens with one attached hydrogen (secondary N) is 1. The maximum atomic E-state index is 12.6. The second-order valence-corrected chi connectivity index (χ2v) is 8.11. The zero-order chi connectivity index (χ0) is 26.9. The van der Waals surface area contributed by atoms with Crippen molar-refractivity contribution >= 4 is 41.3 Å². The van der Waals surface area contributed by atoms with E-state index in [0.717, 1.165) is 0 Å². The summed E-state index contributed by atoms with van der Waals surface area (Å²) < 4.78 is 26.9. The van der Waals surface area contributed by atoms with E-state index in [0.29, 0.717) is 40.2 Å². The summed E-state index contributed by atoms with van der Waals surface area (Å²) in [5.41, 5.74) is 3.44. The van der Waals surface area contributed by atoms with Crippen LogP contribution in [0.2, 0.25) is 10.0 Å². The van der Waals surface area contributed by atoms with Gasteiger partial charge in [0.1, 0.15) is 0 Å². The fourth-order valence-electron chi connectivity index (χ4n) is 3.21. The number of carbonyl (C=O) groups excluding carboxylic acids is 2. The Balaban J connectivity index is 1.75. The monoisotopic (exact) mass is 546 g/mol. The van der Waals surface area contributed by atoms with Crippen LogP contribution in [0.25, 0.3) is 0 Å².